The first-order chi connectivity index (χ1) is 6.65. The molecule has 0 saturated carbocycles. The number of benzene rings is 1. The zero-order valence-corrected chi connectivity index (χ0v) is 10.7. The van der Waals surface area contributed by atoms with Gasteiger partial charge in [0.2, 0.25) is 0 Å². The molecule has 0 unspecified atom stereocenters. The summed E-state index contributed by atoms with van der Waals surface area (Å²) in [5, 5.41) is 0. The lowest BCUT2D eigenvalue weighted by Crippen LogP contribution is -2.09. The molecule has 1 aromatic rings. The Morgan fingerprint density at radius 2 is 2.20 bits per heavy atom. The van der Waals surface area contributed by atoms with Crippen LogP contribution in [0.1, 0.15) is 24.4 Å². The largest absolute Gasteiger partial charge is 0.324 e. The second kappa shape index (κ2) is 6.99. The summed E-state index contributed by atoms with van der Waals surface area (Å²) in [6.07, 6.45) is 3.54. The fourth-order valence-corrected chi connectivity index (χ4v) is 1.60. The van der Waals surface area contributed by atoms with Crippen LogP contribution in [-0.4, -0.2) is 0 Å². The van der Waals surface area contributed by atoms with Gasteiger partial charge in [-0.25, -0.2) is 4.39 Å². The van der Waals surface area contributed by atoms with Gasteiger partial charge in [0.15, 0.2) is 0 Å². The molecule has 0 radical (unpaired) electrons. The molecule has 2 N–H and O–H groups in total. The summed E-state index contributed by atoms with van der Waals surface area (Å²) in [6, 6.07) is 4.81. The number of halogens is 3. The molecule has 0 aliphatic heterocycles. The summed E-state index contributed by atoms with van der Waals surface area (Å²) in [6.45, 7) is 3.63. The molecule has 0 bridgehead atoms. The van der Waals surface area contributed by atoms with Crippen LogP contribution in [0, 0.1) is 5.82 Å². The second-order valence-corrected chi connectivity index (χ2v) is 4.00. The first-order valence-corrected chi connectivity index (χ1v) is 5.26. The third-order valence-electron chi connectivity index (χ3n) is 2.05. The lowest BCUT2D eigenvalue weighted by Gasteiger charge is -2.11. The van der Waals surface area contributed by atoms with Gasteiger partial charge in [0.25, 0.3) is 0 Å². The summed E-state index contributed by atoms with van der Waals surface area (Å²) in [5.41, 5.74) is 6.85. The molecule has 15 heavy (non-hydrogen) atoms. The highest BCUT2D eigenvalue weighted by Crippen LogP contribution is 2.22. The molecule has 1 atom stereocenters. The minimum Gasteiger partial charge on any atom is -0.324 e. The molecule has 1 aromatic carbocycles. The first-order valence-electron chi connectivity index (χ1n) is 4.46. The van der Waals surface area contributed by atoms with Gasteiger partial charge < -0.3 is 5.73 Å². The second-order valence-electron chi connectivity index (χ2n) is 3.15. The number of nitrogens with two attached hydrogens (primary N) is 1. The molecule has 0 amide bonds. The average molecular weight is 295 g/mol. The molecule has 0 spiro atoms. The predicted molar refractivity (Wildman–Crippen MR) is 67.7 cm³/mol. The number of hydrogen-bond donors (Lipinski definition) is 1. The summed E-state index contributed by atoms with van der Waals surface area (Å²) >= 11 is 3.13. The maximum absolute atomic E-state index is 12.9. The van der Waals surface area contributed by atoms with E-state index in [1.807, 2.05) is 6.08 Å². The van der Waals surface area contributed by atoms with E-state index in [1.165, 1.54) is 6.07 Å². The Morgan fingerprint density at radius 3 is 2.73 bits per heavy atom. The molecule has 0 aromatic heterocycles. The van der Waals surface area contributed by atoms with E-state index in [2.05, 4.69) is 22.5 Å². The van der Waals surface area contributed by atoms with Crippen molar-refractivity contribution in [3.05, 3.63) is 46.7 Å². The van der Waals surface area contributed by atoms with Crippen LogP contribution in [0.25, 0.3) is 0 Å². The van der Waals surface area contributed by atoms with E-state index in [1.54, 1.807) is 12.1 Å². The van der Waals surface area contributed by atoms with Crippen LogP contribution in [0.15, 0.2) is 35.3 Å². The quantitative estimate of drug-likeness (QED) is 0.835. The molecule has 0 fully saturated rings. The molecule has 1 nitrogen and oxygen atoms in total. The predicted octanol–water partition coefficient (Wildman–Crippen LogP) is 3.98. The maximum atomic E-state index is 12.9. The van der Waals surface area contributed by atoms with Gasteiger partial charge >= 0.3 is 0 Å². The van der Waals surface area contributed by atoms with Crippen molar-refractivity contribution in [1.82, 2.24) is 0 Å². The lowest BCUT2D eigenvalue weighted by molar-refractivity contribution is 0.614. The average Bonchev–Trinajstić information content (AvgIpc) is 2.18. The van der Waals surface area contributed by atoms with Gasteiger partial charge in [-0.05, 0) is 46.5 Å². The molecule has 4 heteroatoms. The normalized spacial score (nSPS) is 11.7. The van der Waals surface area contributed by atoms with E-state index in [-0.39, 0.29) is 24.3 Å². The highest BCUT2D eigenvalue weighted by atomic mass is 79.9. The van der Waals surface area contributed by atoms with Gasteiger partial charge in [-0.3, -0.25) is 0 Å². The molecule has 0 saturated heterocycles. The van der Waals surface area contributed by atoms with Crippen LogP contribution in [-0.2, 0) is 0 Å². The summed E-state index contributed by atoms with van der Waals surface area (Å²) < 4.78 is 13.4. The van der Waals surface area contributed by atoms with Crippen LogP contribution in [0.5, 0.6) is 0 Å². The topological polar surface area (TPSA) is 26.0 Å². The van der Waals surface area contributed by atoms with E-state index in [0.717, 1.165) is 18.4 Å². The molecular formula is C11H14BrClFN. The molecule has 0 aliphatic rings. The molecule has 1 rings (SSSR count). The minimum atomic E-state index is -0.260. The third-order valence-corrected chi connectivity index (χ3v) is 2.66. The van der Waals surface area contributed by atoms with Crippen molar-refractivity contribution in [2.75, 3.05) is 0 Å². The number of allylic oxidation sites excluding steroid dienone is 1. The van der Waals surface area contributed by atoms with Crippen molar-refractivity contribution in [3.63, 3.8) is 0 Å². The minimum absolute atomic E-state index is 0. The Balaban J connectivity index is 0.00000196. The molecule has 0 heterocycles. The van der Waals surface area contributed by atoms with Crippen molar-refractivity contribution >= 4 is 28.3 Å². The standard InChI is InChI=1S/C11H13BrFN.ClH/c1-2-3-4-11(14)8-5-6-10(13)9(12)7-8;/h2,5-7,11H,1,3-4,14H2;1H/t11-;/m1./s1. The Hall–Kier alpha value is -0.380. The van der Waals surface area contributed by atoms with Crippen molar-refractivity contribution in [1.29, 1.82) is 0 Å². The van der Waals surface area contributed by atoms with Gasteiger partial charge in [0.05, 0.1) is 4.47 Å². The first kappa shape index (κ1) is 14.6. The number of hydrogen-bond acceptors (Lipinski definition) is 1. The van der Waals surface area contributed by atoms with E-state index in [4.69, 9.17) is 5.73 Å². The monoisotopic (exact) mass is 293 g/mol. The molecule has 0 aliphatic carbocycles. The molecular weight excluding hydrogens is 280 g/mol. The summed E-state index contributed by atoms with van der Waals surface area (Å²) in [5.74, 6) is -0.260. The van der Waals surface area contributed by atoms with Gasteiger partial charge in [0.1, 0.15) is 5.82 Å². The van der Waals surface area contributed by atoms with Crippen LogP contribution in [0.2, 0.25) is 0 Å². The summed E-state index contributed by atoms with van der Waals surface area (Å²) in [7, 11) is 0. The van der Waals surface area contributed by atoms with E-state index in [9.17, 15) is 4.39 Å². The fraction of sp³-hybridized carbons (Fsp3) is 0.273. The lowest BCUT2D eigenvalue weighted by atomic mass is 10.0. The van der Waals surface area contributed by atoms with Crippen LogP contribution < -0.4 is 5.73 Å². The van der Waals surface area contributed by atoms with Crippen LogP contribution >= 0.6 is 28.3 Å². The summed E-state index contributed by atoms with van der Waals surface area (Å²) in [4.78, 5) is 0. The van der Waals surface area contributed by atoms with Crippen molar-refractivity contribution in [3.8, 4) is 0 Å². The third kappa shape index (κ3) is 4.33. The van der Waals surface area contributed by atoms with E-state index in [0.29, 0.717) is 4.47 Å². The van der Waals surface area contributed by atoms with E-state index < -0.39 is 0 Å². The van der Waals surface area contributed by atoms with Gasteiger partial charge in [0, 0.05) is 6.04 Å². The Morgan fingerprint density at radius 1 is 1.53 bits per heavy atom. The van der Waals surface area contributed by atoms with Gasteiger partial charge in [-0.15, -0.1) is 19.0 Å². The van der Waals surface area contributed by atoms with Gasteiger partial charge in [-0.1, -0.05) is 12.1 Å². The van der Waals surface area contributed by atoms with Crippen molar-refractivity contribution in [2.45, 2.75) is 18.9 Å². The fourth-order valence-electron chi connectivity index (χ4n) is 1.21. The SMILES string of the molecule is C=CCC[C@@H](N)c1ccc(F)c(Br)c1.Cl. The van der Waals surface area contributed by atoms with E-state index >= 15 is 0 Å². The zero-order chi connectivity index (χ0) is 10.6. The van der Waals surface area contributed by atoms with Crippen LogP contribution in [0.4, 0.5) is 4.39 Å². The Labute approximate surface area is 104 Å². The highest BCUT2D eigenvalue weighted by Gasteiger charge is 2.07. The zero-order valence-electron chi connectivity index (χ0n) is 8.25. The Bertz CT molecular complexity index is 330. The molecule has 84 valence electrons. The van der Waals surface area contributed by atoms with Crippen molar-refractivity contribution in [2.24, 2.45) is 5.73 Å². The smallest absolute Gasteiger partial charge is 0.137 e. The van der Waals surface area contributed by atoms with Gasteiger partial charge in [-0.2, -0.15) is 0 Å². The van der Waals surface area contributed by atoms with Crippen molar-refractivity contribution < 1.29 is 4.39 Å². The maximum Gasteiger partial charge on any atom is 0.137 e. The Kier molecular flexibility index (Phi) is 6.81. The van der Waals surface area contributed by atoms with Crippen LogP contribution in [0.3, 0.4) is 0 Å². The highest BCUT2D eigenvalue weighted by molar-refractivity contribution is 9.10. The number of rotatable bonds is 4.